The van der Waals surface area contributed by atoms with Crippen LogP contribution in [-0.2, 0) is 0 Å². The first-order chi connectivity index (χ1) is 10.4. The topological polar surface area (TPSA) is 0 Å². The zero-order valence-corrected chi connectivity index (χ0v) is 13.4. The molecule has 0 nitrogen and oxygen atoms in total. The Hall–Kier alpha value is -1.30. The normalized spacial score (nSPS) is 22.5. The third kappa shape index (κ3) is 3.48. The Labute approximate surface area is 129 Å². The Morgan fingerprint density at radius 2 is 1.62 bits per heavy atom. The Morgan fingerprint density at radius 3 is 2.43 bits per heavy atom. The fourth-order valence-corrected chi connectivity index (χ4v) is 4.05. The molecule has 0 bridgehead atoms. The molecule has 3 rings (SSSR count). The molecule has 2 aromatic carbocycles. The third-order valence-corrected chi connectivity index (χ3v) is 5.33. The highest BCUT2D eigenvalue weighted by Crippen LogP contribution is 2.40. The quantitative estimate of drug-likeness (QED) is 0.535. The first-order valence-electron chi connectivity index (χ1n) is 8.86. The Bertz CT molecular complexity index is 556. The Morgan fingerprint density at radius 1 is 0.857 bits per heavy atom. The van der Waals surface area contributed by atoms with Gasteiger partial charge in [0.15, 0.2) is 0 Å². The molecule has 21 heavy (non-hydrogen) atoms. The predicted molar refractivity (Wildman–Crippen MR) is 92.8 cm³/mol. The van der Waals surface area contributed by atoms with Gasteiger partial charge in [-0.2, -0.15) is 0 Å². The third-order valence-electron chi connectivity index (χ3n) is 5.33. The van der Waals surface area contributed by atoms with E-state index in [1.54, 1.807) is 5.56 Å². The summed E-state index contributed by atoms with van der Waals surface area (Å²) in [5, 5.41) is 2.88. The van der Waals surface area contributed by atoms with Crippen molar-refractivity contribution in [3.05, 3.63) is 48.0 Å². The molecule has 0 aliphatic heterocycles. The highest BCUT2D eigenvalue weighted by atomic mass is 14.3. The summed E-state index contributed by atoms with van der Waals surface area (Å²) in [6, 6.07) is 15.7. The second kappa shape index (κ2) is 7.11. The van der Waals surface area contributed by atoms with E-state index in [2.05, 4.69) is 49.4 Å². The summed E-state index contributed by atoms with van der Waals surface area (Å²) in [5.74, 6) is 1.79. The van der Waals surface area contributed by atoms with E-state index < -0.39 is 0 Å². The zero-order valence-electron chi connectivity index (χ0n) is 13.4. The average molecular weight is 280 g/mol. The molecule has 0 amide bonds. The minimum Gasteiger partial charge on any atom is -0.0654 e. The van der Waals surface area contributed by atoms with E-state index in [-0.39, 0.29) is 0 Å². The van der Waals surface area contributed by atoms with Crippen LogP contribution in [0.1, 0.15) is 69.8 Å². The van der Waals surface area contributed by atoms with Crippen LogP contribution in [0.25, 0.3) is 10.8 Å². The standard InChI is InChI=1S/C21H28/c1-2-3-4-8-17-13-15-19(16-14-17)21-12-7-10-18-9-5-6-11-20(18)21/h5-7,9-12,17,19H,2-4,8,13-16H2,1H3. The maximum absolute atomic E-state index is 2.37. The molecule has 112 valence electrons. The van der Waals surface area contributed by atoms with Crippen molar-refractivity contribution in [1.29, 1.82) is 0 Å². The van der Waals surface area contributed by atoms with Crippen molar-refractivity contribution in [2.75, 3.05) is 0 Å². The van der Waals surface area contributed by atoms with Crippen LogP contribution >= 0.6 is 0 Å². The first kappa shape index (κ1) is 14.6. The van der Waals surface area contributed by atoms with Gasteiger partial charge in [-0.15, -0.1) is 0 Å². The monoisotopic (exact) mass is 280 g/mol. The Balaban J connectivity index is 1.66. The van der Waals surface area contributed by atoms with Crippen LogP contribution < -0.4 is 0 Å². The van der Waals surface area contributed by atoms with Gasteiger partial charge in [0.2, 0.25) is 0 Å². The molecule has 0 aromatic heterocycles. The van der Waals surface area contributed by atoms with Crippen molar-refractivity contribution >= 4 is 10.8 Å². The van der Waals surface area contributed by atoms with Gasteiger partial charge < -0.3 is 0 Å². The lowest BCUT2D eigenvalue weighted by Gasteiger charge is -2.29. The van der Waals surface area contributed by atoms with Crippen molar-refractivity contribution in [1.82, 2.24) is 0 Å². The van der Waals surface area contributed by atoms with Gasteiger partial charge in [0.25, 0.3) is 0 Å². The molecule has 0 saturated heterocycles. The van der Waals surface area contributed by atoms with Crippen molar-refractivity contribution in [3.63, 3.8) is 0 Å². The fraction of sp³-hybridized carbons (Fsp3) is 0.524. The van der Waals surface area contributed by atoms with Gasteiger partial charge in [-0.3, -0.25) is 0 Å². The van der Waals surface area contributed by atoms with Gasteiger partial charge in [0, 0.05) is 0 Å². The molecule has 0 heteroatoms. The van der Waals surface area contributed by atoms with Crippen LogP contribution in [0.4, 0.5) is 0 Å². The van der Waals surface area contributed by atoms with Crippen LogP contribution in [0.5, 0.6) is 0 Å². The summed E-state index contributed by atoms with van der Waals surface area (Å²) in [6.45, 7) is 2.30. The fourth-order valence-electron chi connectivity index (χ4n) is 4.05. The lowest BCUT2D eigenvalue weighted by Crippen LogP contribution is -2.13. The van der Waals surface area contributed by atoms with E-state index in [4.69, 9.17) is 0 Å². The molecular formula is C21H28. The second-order valence-corrected chi connectivity index (χ2v) is 6.78. The van der Waals surface area contributed by atoms with E-state index in [1.807, 2.05) is 0 Å². The average Bonchev–Trinajstić information content (AvgIpc) is 2.55. The van der Waals surface area contributed by atoms with Gasteiger partial charge in [0.1, 0.15) is 0 Å². The molecule has 0 atom stereocenters. The van der Waals surface area contributed by atoms with Crippen molar-refractivity contribution in [2.24, 2.45) is 5.92 Å². The van der Waals surface area contributed by atoms with E-state index in [0.717, 1.165) is 11.8 Å². The molecule has 0 unspecified atom stereocenters. The molecule has 1 saturated carbocycles. The predicted octanol–water partition coefficient (Wildman–Crippen LogP) is 6.69. The lowest BCUT2D eigenvalue weighted by atomic mass is 9.76. The molecular weight excluding hydrogens is 252 g/mol. The molecule has 0 radical (unpaired) electrons. The van der Waals surface area contributed by atoms with Crippen molar-refractivity contribution < 1.29 is 0 Å². The number of hydrogen-bond donors (Lipinski definition) is 0. The molecule has 2 aromatic rings. The number of benzene rings is 2. The largest absolute Gasteiger partial charge is 0.0654 e. The molecule has 1 fully saturated rings. The van der Waals surface area contributed by atoms with Crippen molar-refractivity contribution in [2.45, 2.75) is 64.2 Å². The summed E-state index contributed by atoms with van der Waals surface area (Å²) >= 11 is 0. The summed E-state index contributed by atoms with van der Waals surface area (Å²) in [6.07, 6.45) is 11.4. The summed E-state index contributed by atoms with van der Waals surface area (Å²) in [4.78, 5) is 0. The van der Waals surface area contributed by atoms with Gasteiger partial charge in [-0.05, 0) is 53.9 Å². The highest BCUT2D eigenvalue weighted by molar-refractivity contribution is 5.86. The van der Waals surface area contributed by atoms with Crippen molar-refractivity contribution in [3.8, 4) is 0 Å². The van der Waals surface area contributed by atoms with Crippen LogP contribution in [0.15, 0.2) is 42.5 Å². The van der Waals surface area contributed by atoms with Crippen LogP contribution in [0, 0.1) is 5.92 Å². The van der Waals surface area contributed by atoms with E-state index >= 15 is 0 Å². The smallest absolute Gasteiger partial charge is 0.0149 e. The number of rotatable bonds is 5. The molecule has 1 aliphatic rings. The number of hydrogen-bond acceptors (Lipinski definition) is 0. The van der Waals surface area contributed by atoms with E-state index in [1.165, 1.54) is 62.1 Å². The Kier molecular flexibility index (Phi) is 4.95. The zero-order chi connectivity index (χ0) is 14.5. The minimum absolute atomic E-state index is 0.790. The maximum atomic E-state index is 2.37. The maximum Gasteiger partial charge on any atom is -0.0149 e. The first-order valence-corrected chi connectivity index (χ1v) is 8.86. The number of fused-ring (bicyclic) bond motifs is 1. The van der Waals surface area contributed by atoms with Crippen LogP contribution in [0.3, 0.4) is 0 Å². The lowest BCUT2D eigenvalue weighted by molar-refractivity contribution is 0.303. The summed E-state index contributed by atoms with van der Waals surface area (Å²) in [5.41, 5.74) is 1.60. The molecule has 1 aliphatic carbocycles. The molecule has 0 heterocycles. The van der Waals surface area contributed by atoms with Gasteiger partial charge >= 0.3 is 0 Å². The highest BCUT2D eigenvalue weighted by Gasteiger charge is 2.23. The van der Waals surface area contributed by atoms with E-state index in [0.29, 0.717) is 0 Å². The molecule has 0 N–H and O–H groups in total. The second-order valence-electron chi connectivity index (χ2n) is 6.78. The number of unbranched alkanes of at least 4 members (excludes halogenated alkanes) is 2. The van der Waals surface area contributed by atoms with Gasteiger partial charge in [0.05, 0.1) is 0 Å². The van der Waals surface area contributed by atoms with E-state index in [9.17, 15) is 0 Å². The summed E-state index contributed by atoms with van der Waals surface area (Å²) in [7, 11) is 0. The van der Waals surface area contributed by atoms with Crippen LogP contribution in [-0.4, -0.2) is 0 Å². The minimum atomic E-state index is 0.790. The van der Waals surface area contributed by atoms with Crippen LogP contribution in [0.2, 0.25) is 0 Å². The van der Waals surface area contributed by atoms with Gasteiger partial charge in [-0.25, -0.2) is 0 Å². The molecule has 0 spiro atoms. The summed E-state index contributed by atoms with van der Waals surface area (Å²) < 4.78 is 0. The SMILES string of the molecule is CCCCCC1CCC(c2cccc3ccccc23)CC1. The van der Waals surface area contributed by atoms with Gasteiger partial charge in [-0.1, -0.05) is 75.1 Å².